The van der Waals surface area contributed by atoms with Crippen LogP contribution in [0.15, 0.2) is 42.6 Å². The van der Waals surface area contributed by atoms with Crippen LogP contribution in [-0.2, 0) is 10.2 Å². The molecule has 1 aromatic carbocycles. The Kier molecular flexibility index (Phi) is 7.24. The maximum atomic E-state index is 12.6. The van der Waals surface area contributed by atoms with Gasteiger partial charge < -0.3 is 15.8 Å². The number of nitrogens with one attached hydrogen (secondary N) is 1. The van der Waals surface area contributed by atoms with Gasteiger partial charge in [0, 0.05) is 0 Å². The van der Waals surface area contributed by atoms with E-state index >= 15 is 0 Å². The van der Waals surface area contributed by atoms with Gasteiger partial charge >= 0.3 is 0 Å². The molecule has 0 atom stereocenters. The van der Waals surface area contributed by atoms with E-state index < -0.39 is 5.41 Å². The van der Waals surface area contributed by atoms with Crippen LogP contribution in [0.1, 0.15) is 33.3 Å². The van der Waals surface area contributed by atoms with Crippen molar-refractivity contribution in [1.29, 1.82) is 0 Å². The first-order valence-electron chi connectivity index (χ1n) is 8.05. The van der Waals surface area contributed by atoms with Crippen molar-refractivity contribution in [1.82, 2.24) is 4.98 Å². The second-order valence-corrected chi connectivity index (χ2v) is 6.78. The van der Waals surface area contributed by atoms with E-state index in [9.17, 15) is 4.79 Å². The molecular formula is C19H26ClN3O2. The zero-order valence-electron chi connectivity index (χ0n) is 15.1. The lowest BCUT2D eigenvalue weighted by Crippen LogP contribution is -2.34. The smallest absolute Gasteiger partial charge is 0.234 e. The van der Waals surface area contributed by atoms with Gasteiger partial charge in [-0.15, -0.1) is 12.4 Å². The lowest BCUT2D eigenvalue weighted by atomic mass is 9.83. The highest BCUT2D eigenvalue weighted by molar-refractivity contribution is 5.98. The van der Waals surface area contributed by atoms with E-state index in [2.05, 4.69) is 24.1 Å². The number of hydrogen-bond acceptors (Lipinski definition) is 4. The van der Waals surface area contributed by atoms with Crippen molar-refractivity contribution in [3.63, 3.8) is 0 Å². The second kappa shape index (κ2) is 8.72. The first-order chi connectivity index (χ1) is 11.3. The Morgan fingerprint density at radius 1 is 1.20 bits per heavy atom. The van der Waals surface area contributed by atoms with Gasteiger partial charge in [-0.25, -0.2) is 4.98 Å². The predicted octanol–water partition coefficient (Wildman–Crippen LogP) is 4.04. The van der Waals surface area contributed by atoms with Crippen LogP contribution in [0.2, 0.25) is 0 Å². The Balaban J connectivity index is 0.00000312. The zero-order valence-corrected chi connectivity index (χ0v) is 15.9. The number of nitrogen functional groups attached to an aromatic ring is 1. The van der Waals surface area contributed by atoms with Gasteiger partial charge in [0.05, 0.1) is 23.9 Å². The van der Waals surface area contributed by atoms with Crippen LogP contribution >= 0.6 is 12.4 Å². The first kappa shape index (κ1) is 20.8. The van der Waals surface area contributed by atoms with Crippen molar-refractivity contribution >= 4 is 29.8 Å². The number of halogens is 1. The number of anilines is 2. The average molecular weight is 364 g/mol. The number of rotatable bonds is 6. The monoisotopic (exact) mass is 363 g/mol. The molecule has 3 N–H and O–H groups in total. The lowest BCUT2D eigenvalue weighted by Gasteiger charge is -2.24. The fraction of sp³-hybridized carbons (Fsp3) is 0.368. The summed E-state index contributed by atoms with van der Waals surface area (Å²) in [6, 6.07) is 11.0. The summed E-state index contributed by atoms with van der Waals surface area (Å²) in [4.78, 5) is 16.6. The zero-order chi connectivity index (χ0) is 17.7. The number of hydrogen-bond donors (Lipinski definition) is 2. The van der Waals surface area contributed by atoms with Crippen LogP contribution in [0.3, 0.4) is 0 Å². The van der Waals surface area contributed by atoms with Gasteiger partial charge in [0.15, 0.2) is 0 Å². The SMILES string of the molecule is CC(C)COc1ccc(C(C)(C)C(=O)Nc2ccc(N)nc2)cc1.Cl. The number of benzene rings is 1. The maximum Gasteiger partial charge on any atom is 0.234 e. The standard InChI is InChI=1S/C19H25N3O2.ClH/c1-13(2)12-24-16-8-5-14(6-9-16)19(3,4)18(23)22-15-7-10-17(20)21-11-15;/h5-11,13H,12H2,1-4H3,(H2,20,21)(H,22,23);1H. The minimum atomic E-state index is -0.683. The Morgan fingerprint density at radius 3 is 2.36 bits per heavy atom. The van der Waals surface area contributed by atoms with Gasteiger partial charge in [-0.2, -0.15) is 0 Å². The third kappa shape index (κ3) is 5.64. The number of nitrogens with two attached hydrogens (primary N) is 1. The molecule has 0 aliphatic carbocycles. The molecule has 0 saturated carbocycles. The molecule has 0 aliphatic heterocycles. The molecule has 0 aliphatic rings. The number of ether oxygens (including phenoxy) is 1. The summed E-state index contributed by atoms with van der Waals surface area (Å²) in [6.45, 7) is 8.66. The highest BCUT2D eigenvalue weighted by Gasteiger charge is 2.29. The number of nitrogens with zero attached hydrogens (tertiary/aromatic N) is 1. The number of carbonyl (C=O) groups is 1. The van der Waals surface area contributed by atoms with Crippen LogP contribution in [0.5, 0.6) is 5.75 Å². The summed E-state index contributed by atoms with van der Waals surface area (Å²) < 4.78 is 5.68. The Labute approximate surface area is 155 Å². The Hall–Kier alpha value is -2.27. The van der Waals surface area contributed by atoms with E-state index in [0.717, 1.165) is 11.3 Å². The Morgan fingerprint density at radius 2 is 1.84 bits per heavy atom. The van der Waals surface area contributed by atoms with Crippen LogP contribution in [0, 0.1) is 5.92 Å². The van der Waals surface area contributed by atoms with Crippen LogP contribution in [-0.4, -0.2) is 17.5 Å². The molecule has 0 saturated heterocycles. The number of aromatic nitrogens is 1. The van der Waals surface area contributed by atoms with E-state index in [-0.39, 0.29) is 18.3 Å². The first-order valence-corrected chi connectivity index (χ1v) is 8.05. The van der Waals surface area contributed by atoms with E-state index in [4.69, 9.17) is 10.5 Å². The molecular weight excluding hydrogens is 338 g/mol. The van der Waals surface area contributed by atoms with Crippen LogP contribution in [0.25, 0.3) is 0 Å². The summed E-state index contributed by atoms with van der Waals surface area (Å²) in [6.07, 6.45) is 1.55. The topological polar surface area (TPSA) is 77.2 Å². The van der Waals surface area contributed by atoms with E-state index in [1.807, 2.05) is 38.1 Å². The molecule has 0 unspecified atom stereocenters. The number of carbonyl (C=O) groups excluding carboxylic acids is 1. The second-order valence-electron chi connectivity index (χ2n) is 6.78. The van der Waals surface area contributed by atoms with Crippen molar-refractivity contribution in [2.24, 2.45) is 5.92 Å². The number of amides is 1. The predicted molar refractivity (Wildman–Crippen MR) is 104 cm³/mol. The van der Waals surface area contributed by atoms with Crippen molar-refractivity contribution in [2.75, 3.05) is 17.7 Å². The van der Waals surface area contributed by atoms with Gasteiger partial charge in [0.2, 0.25) is 5.91 Å². The largest absolute Gasteiger partial charge is 0.493 e. The molecule has 1 heterocycles. The molecule has 2 aromatic rings. The third-order valence-electron chi connectivity index (χ3n) is 3.77. The van der Waals surface area contributed by atoms with Gasteiger partial charge in [0.1, 0.15) is 11.6 Å². The molecule has 0 fully saturated rings. The quantitative estimate of drug-likeness (QED) is 0.812. The normalized spacial score (nSPS) is 10.9. The lowest BCUT2D eigenvalue weighted by molar-refractivity contribution is -0.120. The molecule has 2 rings (SSSR count). The molecule has 6 heteroatoms. The van der Waals surface area contributed by atoms with E-state index in [1.54, 1.807) is 18.3 Å². The summed E-state index contributed by atoms with van der Waals surface area (Å²) >= 11 is 0. The highest BCUT2D eigenvalue weighted by Crippen LogP contribution is 2.27. The molecule has 25 heavy (non-hydrogen) atoms. The van der Waals surface area contributed by atoms with Crippen molar-refractivity contribution in [2.45, 2.75) is 33.1 Å². The molecule has 5 nitrogen and oxygen atoms in total. The van der Waals surface area contributed by atoms with Gasteiger partial charge in [-0.3, -0.25) is 4.79 Å². The van der Waals surface area contributed by atoms with Gasteiger partial charge in [-0.1, -0.05) is 26.0 Å². The summed E-state index contributed by atoms with van der Waals surface area (Å²) in [5, 5.41) is 2.87. The van der Waals surface area contributed by atoms with E-state index in [0.29, 0.717) is 24.0 Å². The average Bonchev–Trinajstić information content (AvgIpc) is 2.55. The fourth-order valence-corrected chi connectivity index (χ4v) is 2.13. The molecule has 136 valence electrons. The molecule has 0 bridgehead atoms. The van der Waals surface area contributed by atoms with Crippen molar-refractivity contribution in [3.8, 4) is 5.75 Å². The third-order valence-corrected chi connectivity index (χ3v) is 3.77. The van der Waals surface area contributed by atoms with Crippen molar-refractivity contribution < 1.29 is 9.53 Å². The maximum absolute atomic E-state index is 12.6. The minimum Gasteiger partial charge on any atom is -0.493 e. The summed E-state index contributed by atoms with van der Waals surface area (Å²) in [7, 11) is 0. The minimum absolute atomic E-state index is 0. The van der Waals surface area contributed by atoms with Gasteiger partial charge in [0.25, 0.3) is 0 Å². The van der Waals surface area contributed by atoms with Crippen molar-refractivity contribution in [3.05, 3.63) is 48.2 Å². The highest BCUT2D eigenvalue weighted by atomic mass is 35.5. The fourth-order valence-electron chi connectivity index (χ4n) is 2.13. The molecule has 0 radical (unpaired) electrons. The van der Waals surface area contributed by atoms with Gasteiger partial charge in [-0.05, 0) is 49.6 Å². The Bertz CT molecular complexity index is 683. The van der Waals surface area contributed by atoms with Crippen LogP contribution in [0.4, 0.5) is 11.5 Å². The summed E-state index contributed by atoms with van der Waals surface area (Å²) in [5.74, 6) is 1.60. The number of pyridine rings is 1. The summed E-state index contributed by atoms with van der Waals surface area (Å²) in [5.41, 5.74) is 6.41. The van der Waals surface area contributed by atoms with Crippen LogP contribution < -0.4 is 15.8 Å². The molecule has 1 amide bonds. The molecule has 0 spiro atoms. The van der Waals surface area contributed by atoms with E-state index in [1.165, 1.54) is 0 Å². The molecule has 1 aromatic heterocycles.